The molecule has 0 radical (unpaired) electrons. The van der Waals surface area contributed by atoms with Gasteiger partial charge in [0, 0.05) is 15.7 Å². The number of hydrogen-bond donors (Lipinski definition) is 2. The quantitative estimate of drug-likeness (QED) is 0.581. The number of hydrogen-bond acceptors (Lipinski definition) is 3. The van der Waals surface area contributed by atoms with Crippen molar-refractivity contribution in [3.05, 3.63) is 75.4 Å². The Morgan fingerprint density at radius 2 is 1.87 bits per heavy atom. The van der Waals surface area contributed by atoms with Crippen molar-refractivity contribution < 1.29 is 14.5 Å². The van der Waals surface area contributed by atoms with Crippen LogP contribution in [0.4, 0.5) is 0 Å². The predicted octanol–water partition coefficient (Wildman–Crippen LogP) is 2.33. The van der Waals surface area contributed by atoms with E-state index in [0.717, 1.165) is 9.13 Å². The number of rotatable bonds is 2. The monoisotopic (exact) mass is 418 g/mol. The highest BCUT2D eigenvalue weighted by molar-refractivity contribution is 14.1. The molecule has 1 aliphatic heterocycles. The number of nitrogens with zero attached hydrogens (tertiary/aromatic N) is 2. The van der Waals surface area contributed by atoms with Crippen LogP contribution in [0.2, 0.25) is 0 Å². The lowest BCUT2D eigenvalue weighted by Gasteiger charge is -2.27. The fourth-order valence-electron chi connectivity index (χ4n) is 2.79. The summed E-state index contributed by atoms with van der Waals surface area (Å²) in [4.78, 5) is 12.5. The van der Waals surface area contributed by atoms with E-state index < -0.39 is 12.0 Å². The molecular weight excluding hydrogens is 405 g/mol. The molecule has 3 rings (SSSR count). The summed E-state index contributed by atoms with van der Waals surface area (Å²) in [5, 5.41) is 21.9. The number of pyridine rings is 1. The maximum Gasteiger partial charge on any atom is 0.296 e. The molecule has 0 spiro atoms. The first-order chi connectivity index (χ1) is 11.1. The molecule has 2 atom stereocenters. The molecule has 0 bridgehead atoms. The Morgan fingerprint density at radius 1 is 1.17 bits per heavy atom. The van der Waals surface area contributed by atoms with E-state index in [1.54, 1.807) is 17.0 Å². The summed E-state index contributed by atoms with van der Waals surface area (Å²) < 4.78 is 2.69. The zero-order chi connectivity index (χ0) is 16.4. The summed E-state index contributed by atoms with van der Waals surface area (Å²) in [7, 11) is 0. The van der Waals surface area contributed by atoms with Crippen LogP contribution in [0.15, 0.2) is 66.3 Å². The fraction of sp³-hybridized carbons (Fsp3) is 0.118. The third kappa shape index (κ3) is 2.80. The van der Waals surface area contributed by atoms with Crippen molar-refractivity contribution in [3.8, 4) is 6.07 Å². The van der Waals surface area contributed by atoms with Crippen molar-refractivity contribution in [1.82, 2.24) is 5.32 Å². The van der Waals surface area contributed by atoms with Crippen LogP contribution in [0.5, 0.6) is 0 Å². The molecule has 0 saturated carbocycles. The SMILES string of the molecule is N#CC1=C(O)NC(=O)C([n+]2ccccc2)[C@H]1c1ccccc1I. The molecule has 6 heteroatoms. The van der Waals surface area contributed by atoms with Gasteiger partial charge in [0.05, 0.1) is 5.92 Å². The minimum absolute atomic E-state index is 0.162. The Balaban J connectivity index is 2.23. The van der Waals surface area contributed by atoms with E-state index in [4.69, 9.17) is 0 Å². The van der Waals surface area contributed by atoms with Crippen LogP contribution in [0, 0.1) is 14.9 Å². The first-order valence-corrected chi connectivity index (χ1v) is 8.05. The van der Waals surface area contributed by atoms with Crippen LogP contribution >= 0.6 is 22.6 Å². The average molecular weight is 418 g/mol. The van der Waals surface area contributed by atoms with E-state index in [-0.39, 0.29) is 17.4 Å². The third-order valence-electron chi connectivity index (χ3n) is 3.81. The van der Waals surface area contributed by atoms with Gasteiger partial charge in [-0.25, -0.2) is 0 Å². The number of nitriles is 1. The van der Waals surface area contributed by atoms with Crippen LogP contribution in [0.1, 0.15) is 17.5 Å². The summed E-state index contributed by atoms with van der Waals surface area (Å²) in [5.41, 5.74) is 1.00. The number of benzene rings is 1. The molecule has 0 fully saturated rings. The smallest absolute Gasteiger partial charge is 0.296 e. The molecule has 1 aromatic heterocycles. The maximum atomic E-state index is 12.5. The normalized spacial score (nSPS) is 20.8. The van der Waals surface area contributed by atoms with Crippen molar-refractivity contribution in [2.45, 2.75) is 12.0 Å². The van der Waals surface area contributed by atoms with Gasteiger partial charge in [0.25, 0.3) is 5.91 Å². The number of allylic oxidation sites excluding steroid dienone is 1. The summed E-state index contributed by atoms with van der Waals surface area (Å²) in [6.07, 6.45) is 3.56. The van der Waals surface area contributed by atoms with Gasteiger partial charge < -0.3 is 5.11 Å². The fourth-order valence-corrected chi connectivity index (χ4v) is 3.52. The molecule has 1 aromatic carbocycles. The highest BCUT2D eigenvalue weighted by atomic mass is 127. The number of carbonyl (C=O) groups is 1. The molecule has 2 N–H and O–H groups in total. The number of aliphatic hydroxyl groups excluding tert-OH is 1. The van der Waals surface area contributed by atoms with E-state index in [1.165, 1.54) is 0 Å². The second kappa shape index (κ2) is 6.38. The zero-order valence-electron chi connectivity index (χ0n) is 12.0. The van der Waals surface area contributed by atoms with Crippen molar-refractivity contribution in [2.24, 2.45) is 0 Å². The van der Waals surface area contributed by atoms with E-state index in [0.29, 0.717) is 0 Å². The van der Waals surface area contributed by atoms with Crippen molar-refractivity contribution in [1.29, 1.82) is 5.26 Å². The third-order valence-corrected chi connectivity index (χ3v) is 4.80. The highest BCUT2D eigenvalue weighted by Crippen LogP contribution is 2.38. The summed E-state index contributed by atoms with van der Waals surface area (Å²) in [6.45, 7) is 0. The van der Waals surface area contributed by atoms with Gasteiger partial charge in [0.1, 0.15) is 11.6 Å². The molecule has 0 aliphatic carbocycles. The van der Waals surface area contributed by atoms with E-state index in [2.05, 4.69) is 27.9 Å². The lowest BCUT2D eigenvalue weighted by molar-refractivity contribution is -0.711. The largest absolute Gasteiger partial charge is 0.494 e. The van der Waals surface area contributed by atoms with Crippen LogP contribution in [-0.4, -0.2) is 11.0 Å². The first-order valence-electron chi connectivity index (χ1n) is 6.97. The van der Waals surface area contributed by atoms with Crippen LogP contribution < -0.4 is 9.88 Å². The topological polar surface area (TPSA) is 77.0 Å². The van der Waals surface area contributed by atoms with Gasteiger partial charge >= 0.3 is 0 Å². The number of nitrogens with one attached hydrogen (secondary N) is 1. The van der Waals surface area contributed by atoms with Gasteiger partial charge in [0.2, 0.25) is 11.9 Å². The molecule has 0 saturated heterocycles. The molecule has 1 aliphatic rings. The Hall–Kier alpha value is -2.40. The maximum absolute atomic E-state index is 12.5. The molecule has 2 aromatic rings. The van der Waals surface area contributed by atoms with Gasteiger partial charge in [-0.05, 0) is 34.2 Å². The van der Waals surface area contributed by atoms with Crippen molar-refractivity contribution in [3.63, 3.8) is 0 Å². The lowest BCUT2D eigenvalue weighted by Crippen LogP contribution is -2.53. The number of aliphatic hydroxyl groups is 1. The zero-order valence-corrected chi connectivity index (χ0v) is 14.1. The second-order valence-electron chi connectivity index (χ2n) is 5.13. The summed E-state index contributed by atoms with van der Waals surface area (Å²) in [6, 6.07) is 14.5. The van der Waals surface area contributed by atoms with Crippen molar-refractivity contribution in [2.75, 3.05) is 0 Å². The molecule has 5 nitrogen and oxygen atoms in total. The predicted molar refractivity (Wildman–Crippen MR) is 91.0 cm³/mol. The minimum atomic E-state index is -0.641. The lowest BCUT2D eigenvalue weighted by atomic mass is 9.82. The minimum Gasteiger partial charge on any atom is -0.494 e. The molecular formula is C17H13IN3O2+. The average Bonchev–Trinajstić information content (AvgIpc) is 2.55. The number of carbonyl (C=O) groups excluding carboxylic acids is 1. The van der Waals surface area contributed by atoms with Crippen LogP contribution in [-0.2, 0) is 4.79 Å². The molecule has 1 amide bonds. The van der Waals surface area contributed by atoms with Gasteiger partial charge in [0.15, 0.2) is 12.4 Å². The van der Waals surface area contributed by atoms with Gasteiger partial charge in [-0.2, -0.15) is 9.83 Å². The van der Waals surface area contributed by atoms with Gasteiger partial charge in [-0.15, -0.1) is 0 Å². The van der Waals surface area contributed by atoms with Gasteiger partial charge in [-0.1, -0.05) is 24.3 Å². The number of halogens is 1. The molecule has 23 heavy (non-hydrogen) atoms. The number of amides is 1. The van der Waals surface area contributed by atoms with E-state index >= 15 is 0 Å². The Labute approximate surface area is 147 Å². The highest BCUT2D eigenvalue weighted by Gasteiger charge is 2.46. The Morgan fingerprint density at radius 3 is 2.52 bits per heavy atom. The van der Waals surface area contributed by atoms with Crippen molar-refractivity contribution >= 4 is 28.5 Å². The molecule has 114 valence electrons. The number of aromatic nitrogens is 1. The molecule has 2 heterocycles. The van der Waals surface area contributed by atoms with Crippen LogP contribution in [0.25, 0.3) is 0 Å². The Bertz CT molecular complexity index is 827. The van der Waals surface area contributed by atoms with E-state index in [1.807, 2.05) is 48.5 Å². The first kappa shape index (κ1) is 15.5. The molecule has 1 unspecified atom stereocenters. The summed E-state index contributed by atoms with van der Waals surface area (Å²) >= 11 is 2.18. The second-order valence-corrected chi connectivity index (χ2v) is 6.29. The Kier molecular flexibility index (Phi) is 4.30. The van der Waals surface area contributed by atoms with E-state index in [9.17, 15) is 15.2 Å². The van der Waals surface area contributed by atoms with Gasteiger partial charge in [-0.3, -0.25) is 10.1 Å². The standard InChI is InChI=1S/C17H12IN3O2/c18-13-7-3-2-6-11(13)14-12(10-19)16(22)20-17(23)15(14)21-8-4-1-5-9-21/h1-9,14-15H,(H-,20,22,23)/p+1/t14-,15?/m0/s1. The van der Waals surface area contributed by atoms with Crippen LogP contribution in [0.3, 0.4) is 0 Å². The summed E-state index contributed by atoms with van der Waals surface area (Å²) in [5.74, 6) is -1.26.